The summed E-state index contributed by atoms with van der Waals surface area (Å²) < 4.78 is 18.0. The number of aliphatic hydroxyl groups excluding tert-OH is 3. The number of ketones is 1. The lowest BCUT2D eigenvalue weighted by Gasteiger charge is -2.44. The molecule has 4 unspecified atom stereocenters. The molecule has 0 aromatic rings. The molecule has 9 nitrogen and oxygen atoms in total. The standard InChI is InChI=1S/C27H49NO8/c1-9-23-17(5)21(30)12-20(29)14(2)10-15(3)26(18(6)22(31)13-24(32)35-23)36-27-25(33)19(28(7)8)11-16(4)34-27/h14-19,21-23,25-27,30-31,33H,9-13H2,1-8H3/t14-,15+,16?,17-,18+,19?,21-,22-,23-,25?,26+,27?/m1/s1. The molecule has 2 saturated heterocycles. The van der Waals surface area contributed by atoms with Crippen molar-refractivity contribution in [2.24, 2.45) is 23.7 Å². The molecule has 2 rings (SSSR count). The van der Waals surface area contributed by atoms with Crippen molar-refractivity contribution in [1.29, 1.82) is 0 Å². The fourth-order valence-corrected chi connectivity index (χ4v) is 5.61. The maximum Gasteiger partial charge on any atom is 0.308 e. The molecule has 0 aromatic heterocycles. The van der Waals surface area contributed by atoms with Gasteiger partial charge in [-0.15, -0.1) is 0 Å². The number of hydrogen-bond acceptors (Lipinski definition) is 9. The monoisotopic (exact) mass is 515 g/mol. The van der Waals surface area contributed by atoms with Gasteiger partial charge in [0.05, 0.1) is 30.8 Å². The number of carbonyl (C=O) groups excluding carboxylic acids is 2. The first-order chi connectivity index (χ1) is 16.8. The highest BCUT2D eigenvalue weighted by molar-refractivity contribution is 5.81. The third-order valence-electron chi connectivity index (χ3n) is 8.19. The highest BCUT2D eigenvalue weighted by Gasteiger charge is 2.42. The molecule has 36 heavy (non-hydrogen) atoms. The number of cyclic esters (lactones) is 1. The van der Waals surface area contributed by atoms with Gasteiger partial charge in [0.2, 0.25) is 0 Å². The largest absolute Gasteiger partial charge is 0.462 e. The summed E-state index contributed by atoms with van der Waals surface area (Å²) >= 11 is 0. The van der Waals surface area contributed by atoms with Crippen LogP contribution in [0.5, 0.6) is 0 Å². The summed E-state index contributed by atoms with van der Waals surface area (Å²) in [7, 11) is 3.80. The van der Waals surface area contributed by atoms with Crippen LogP contribution in [-0.2, 0) is 23.8 Å². The van der Waals surface area contributed by atoms with E-state index in [4.69, 9.17) is 14.2 Å². The first-order valence-corrected chi connectivity index (χ1v) is 13.5. The van der Waals surface area contributed by atoms with E-state index in [2.05, 4.69) is 0 Å². The van der Waals surface area contributed by atoms with Gasteiger partial charge in [-0.3, -0.25) is 9.59 Å². The van der Waals surface area contributed by atoms with E-state index in [1.54, 1.807) is 6.92 Å². The number of nitrogens with zero attached hydrogens (tertiary/aromatic N) is 1. The molecule has 0 radical (unpaired) electrons. The van der Waals surface area contributed by atoms with Crippen molar-refractivity contribution >= 4 is 11.8 Å². The molecule has 3 N–H and O–H groups in total. The molecule has 2 aliphatic heterocycles. The number of likely N-dealkylation sites (N-methyl/N-ethyl adjacent to an activating group) is 1. The summed E-state index contributed by atoms with van der Waals surface area (Å²) in [6.07, 6.45) is -3.69. The number of ether oxygens (including phenoxy) is 3. The van der Waals surface area contributed by atoms with Crippen LogP contribution in [0, 0.1) is 23.7 Å². The van der Waals surface area contributed by atoms with E-state index in [1.165, 1.54) is 0 Å². The molecule has 12 atom stereocenters. The van der Waals surface area contributed by atoms with E-state index in [-0.39, 0.29) is 42.6 Å². The number of aliphatic hydroxyl groups is 3. The van der Waals surface area contributed by atoms with Crippen LogP contribution in [0.4, 0.5) is 0 Å². The maximum atomic E-state index is 13.0. The lowest BCUT2D eigenvalue weighted by atomic mass is 9.80. The Kier molecular flexibility index (Phi) is 11.8. The maximum absolute atomic E-state index is 13.0. The second-order valence-electron chi connectivity index (χ2n) is 11.5. The van der Waals surface area contributed by atoms with Crippen LogP contribution >= 0.6 is 0 Å². The number of hydrogen-bond donors (Lipinski definition) is 3. The Morgan fingerprint density at radius 3 is 2.14 bits per heavy atom. The van der Waals surface area contributed by atoms with Gasteiger partial charge in [0.15, 0.2) is 6.29 Å². The van der Waals surface area contributed by atoms with Gasteiger partial charge in [0.1, 0.15) is 18.0 Å². The first-order valence-electron chi connectivity index (χ1n) is 13.5. The second-order valence-corrected chi connectivity index (χ2v) is 11.5. The molecule has 0 bridgehead atoms. The minimum Gasteiger partial charge on any atom is -0.462 e. The van der Waals surface area contributed by atoms with Crippen molar-refractivity contribution in [2.45, 2.75) is 123 Å². The van der Waals surface area contributed by atoms with Crippen LogP contribution in [0.25, 0.3) is 0 Å². The Labute approximate surface area is 216 Å². The minimum absolute atomic E-state index is 0.0146. The van der Waals surface area contributed by atoms with Crippen molar-refractivity contribution < 1.29 is 39.1 Å². The van der Waals surface area contributed by atoms with Crippen LogP contribution in [0.1, 0.15) is 73.6 Å². The van der Waals surface area contributed by atoms with Crippen LogP contribution < -0.4 is 0 Å². The molecule has 0 spiro atoms. The summed E-state index contributed by atoms with van der Waals surface area (Å²) in [5, 5.41) is 32.7. The second kappa shape index (κ2) is 13.6. The van der Waals surface area contributed by atoms with Gasteiger partial charge >= 0.3 is 5.97 Å². The van der Waals surface area contributed by atoms with Gasteiger partial charge in [-0.2, -0.15) is 0 Å². The predicted molar refractivity (Wildman–Crippen MR) is 135 cm³/mol. The fraction of sp³-hybridized carbons (Fsp3) is 0.926. The quantitative estimate of drug-likeness (QED) is 0.483. The average Bonchev–Trinajstić information content (AvgIpc) is 2.80. The molecule has 0 aliphatic carbocycles. The molecule has 0 saturated carbocycles. The fourth-order valence-electron chi connectivity index (χ4n) is 5.61. The number of Topliss-reactive ketones (excluding diaryl/α,β-unsaturated/α-hetero) is 1. The lowest BCUT2D eigenvalue weighted by molar-refractivity contribution is -0.282. The molecule has 0 aromatic carbocycles. The Morgan fingerprint density at radius 1 is 0.944 bits per heavy atom. The summed E-state index contributed by atoms with van der Waals surface area (Å²) in [6, 6.07) is -0.155. The highest BCUT2D eigenvalue weighted by Crippen LogP contribution is 2.33. The highest BCUT2D eigenvalue weighted by atomic mass is 16.7. The number of esters is 1. The summed E-state index contributed by atoms with van der Waals surface area (Å²) in [5.74, 6) is -2.06. The Morgan fingerprint density at radius 2 is 1.56 bits per heavy atom. The van der Waals surface area contributed by atoms with E-state index in [9.17, 15) is 24.9 Å². The Bertz CT molecular complexity index is 718. The van der Waals surface area contributed by atoms with Gasteiger partial charge in [0, 0.05) is 30.2 Å². The SMILES string of the molecule is CC[C@H]1OC(=O)C[C@@H](O)[C@H](C)[C@@H](OC2OC(C)CC(N(C)C)C2O)[C@@H](C)C[C@@H](C)C(=O)C[C@@H](O)[C@H]1C. The number of carbonyl (C=O) groups is 2. The van der Waals surface area contributed by atoms with Crippen LogP contribution in [0.15, 0.2) is 0 Å². The number of rotatable bonds is 4. The zero-order chi connectivity index (χ0) is 27.3. The van der Waals surface area contributed by atoms with Crippen LogP contribution in [-0.4, -0.2) is 95.0 Å². The van der Waals surface area contributed by atoms with E-state index in [0.717, 1.165) is 0 Å². The molecule has 210 valence electrons. The zero-order valence-electron chi connectivity index (χ0n) is 23.3. The predicted octanol–water partition coefficient (Wildman–Crippen LogP) is 2.14. The topological polar surface area (TPSA) is 126 Å². The van der Waals surface area contributed by atoms with Crippen molar-refractivity contribution in [3.63, 3.8) is 0 Å². The third-order valence-corrected chi connectivity index (χ3v) is 8.19. The van der Waals surface area contributed by atoms with Crippen molar-refractivity contribution in [1.82, 2.24) is 4.90 Å². The first kappa shape index (κ1) is 31.1. The van der Waals surface area contributed by atoms with E-state index >= 15 is 0 Å². The molecule has 0 amide bonds. The Hall–Kier alpha value is -1.10. The van der Waals surface area contributed by atoms with Gasteiger partial charge < -0.3 is 34.4 Å². The van der Waals surface area contributed by atoms with E-state index in [0.29, 0.717) is 19.3 Å². The van der Waals surface area contributed by atoms with Crippen molar-refractivity contribution in [3.8, 4) is 0 Å². The summed E-state index contributed by atoms with van der Waals surface area (Å²) in [4.78, 5) is 27.6. The van der Waals surface area contributed by atoms with Crippen molar-refractivity contribution in [2.75, 3.05) is 14.1 Å². The smallest absolute Gasteiger partial charge is 0.308 e. The van der Waals surface area contributed by atoms with Crippen molar-refractivity contribution in [3.05, 3.63) is 0 Å². The zero-order valence-corrected chi connectivity index (χ0v) is 23.3. The van der Waals surface area contributed by atoms with E-state index in [1.807, 2.05) is 53.6 Å². The summed E-state index contributed by atoms with van der Waals surface area (Å²) in [5.41, 5.74) is 0. The molecular formula is C27H49NO8. The molecule has 2 fully saturated rings. The van der Waals surface area contributed by atoms with Gasteiger partial charge in [-0.25, -0.2) is 0 Å². The minimum atomic E-state index is -1.06. The lowest BCUT2D eigenvalue weighted by Crippen LogP contribution is -2.56. The third kappa shape index (κ3) is 7.95. The van der Waals surface area contributed by atoms with Gasteiger partial charge in [-0.05, 0) is 46.2 Å². The van der Waals surface area contributed by atoms with Gasteiger partial charge in [-0.1, -0.05) is 34.6 Å². The van der Waals surface area contributed by atoms with E-state index < -0.39 is 54.6 Å². The Balaban J connectivity index is 2.33. The molecular weight excluding hydrogens is 466 g/mol. The normalized spacial score (nSPS) is 44.2. The molecule has 2 aliphatic rings. The van der Waals surface area contributed by atoms with Crippen LogP contribution in [0.3, 0.4) is 0 Å². The average molecular weight is 516 g/mol. The molecule has 9 heteroatoms. The summed E-state index contributed by atoms with van der Waals surface area (Å²) in [6.45, 7) is 11.2. The van der Waals surface area contributed by atoms with Gasteiger partial charge in [0.25, 0.3) is 0 Å². The van der Waals surface area contributed by atoms with Crippen LogP contribution in [0.2, 0.25) is 0 Å². The molecule has 2 heterocycles.